The average Bonchev–Trinajstić information content (AvgIpc) is 2.29. The monoisotopic (exact) mass is 283 g/mol. The lowest BCUT2D eigenvalue weighted by Crippen LogP contribution is -2.40. The number of hydrogen-bond acceptors (Lipinski definition) is 3. The molecule has 3 nitrogen and oxygen atoms in total. The van der Waals surface area contributed by atoms with Crippen molar-refractivity contribution in [2.24, 2.45) is 0 Å². The molecule has 0 heterocycles. The minimum atomic E-state index is -0.953. The molecule has 0 aromatic heterocycles. The molecular weight excluding hydrogens is 257 g/mol. The van der Waals surface area contributed by atoms with Crippen LogP contribution in [0.3, 0.4) is 0 Å². The Labute approximate surface area is 121 Å². The summed E-state index contributed by atoms with van der Waals surface area (Å²) in [6, 6.07) is 5.00. The summed E-state index contributed by atoms with van der Waals surface area (Å²) < 4.78 is 19.0. The van der Waals surface area contributed by atoms with Crippen LogP contribution in [0.2, 0.25) is 0 Å². The highest BCUT2D eigenvalue weighted by atomic mass is 19.1. The Morgan fingerprint density at radius 2 is 1.90 bits per heavy atom. The van der Waals surface area contributed by atoms with Gasteiger partial charge in [-0.15, -0.1) is 0 Å². The third-order valence-electron chi connectivity index (χ3n) is 3.15. The fourth-order valence-corrected chi connectivity index (χ4v) is 2.06. The highest BCUT2D eigenvalue weighted by molar-refractivity contribution is 5.31. The highest BCUT2D eigenvalue weighted by Crippen LogP contribution is 2.25. The zero-order valence-corrected chi connectivity index (χ0v) is 13.1. The summed E-state index contributed by atoms with van der Waals surface area (Å²) in [4.78, 5) is 0. The predicted molar refractivity (Wildman–Crippen MR) is 79.7 cm³/mol. The molecule has 2 N–H and O–H groups in total. The van der Waals surface area contributed by atoms with Gasteiger partial charge in [0.05, 0.1) is 12.7 Å². The van der Waals surface area contributed by atoms with E-state index in [1.165, 1.54) is 7.11 Å². The summed E-state index contributed by atoms with van der Waals surface area (Å²) in [5.41, 5.74) is -0.465. The first-order chi connectivity index (χ1) is 9.14. The first kappa shape index (κ1) is 16.9. The van der Waals surface area contributed by atoms with E-state index in [0.29, 0.717) is 18.5 Å². The first-order valence-corrected chi connectivity index (χ1v) is 6.93. The summed E-state index contributed by atoms with van der Waals surface area (Å²) in [6.45, 7) is 8.63. The standard InChI is InChI=1S/C16H26FNO2/c1-15(2,3)18-10-9-16(4,19)11-12-7-6-8-13(20-5)14(12)17/h6-8,18-19H,9-11H2,1-5H3. The SMILES string of the molecule is COc1cccc(CC(C)(O)CCNC(C)(C)C)c1F. The van der Waals surface area contributed by atoms with E-state index in [4.69, 9.17) is 4.74 Å². The molecule has 1 rings (SSSR count). The summed E-state index contributed by atoms with van der Waals surface area (Å²) in [6.07, 6.45) is 0.822. The molecule has 0 saturated carbocycles. The van der Waals surface area contributed by atoms with E-state index in [1.54, 1.807) is 25.1 Å². The molecule has 114 valence electrons. The number of rotatable bonds is 6. The highest BCUT2D eigenvalue weighted by Gasteiger charge is 2.24. The van der Waals surface area contributed by atoms with Crippen LogP contribution < -0.4 is 10.1 Å². The number of nitrogens with one attached hydrogen (secondary N) is 1. The van der Waals surface area contributed by atoms with Gasteiger partial charge in [-0.1, -0.05) is 12.1 Å². The summed E-state index contributed by atoms with van der Waals surface area (Å²) in [5.74, 6) is -0.176. The molecule has 0 bridgehead atoms. The topological polar surface area (TPSA) is 41.5 Å². The van der Waals surface area contributed by atoms with Crippen molar-refractivity contribution in [2.75, 3.05) is 13.7 Å². The Morgan fingerprint density at radius 3 is 2.45 bits per heavy atom. The van der Waals surface area contributed by atoms with Crippen molar-refractivity contribution < 1.29 is 14.2 Å². The van der Waals surface area contributed by atoms with E-state index < -0.39 is 5.60 Å². The van der Waals surface area contributed by atoms with Crippen molar-refractivity contribution >= 4 is 0 Å². The van der Waals surface area contributed by atoms with Crippen molar-refractivity contribution in [1.29, 1.82) is 0 Å². The molecule has 20 heavy (non-hydrogen) atoms. The van der Waals surface area contributed by atoms with Crippen LogP contribution >= 0.6 is 0 Å². The Bertz CT molecular complexity index is 439. The van der Waals surface area contributed by atoms with Gasteiger partial charge in [0.15, 0.2) is 11.6 Å². The van der Waals surface area contributed by atoms with Gasteiger partial charge in [0.1, 0.15) is 0 Å². The maximum atomic E-state index is 14.1. The normalized spacial score (nSPS) is 14.9. The summed E-state index contributed by atoms with van der Waals surface area (Å²) in [7, 11) is 1.44. The lowest BCUT2D eigenvalue weighted by Gasteiger charge is -2.27. The molecule has 0 aliphatic rings. The Hall–Kier alpha value is -1.13. The molecule has 0 saturated heterocycles. The van der Waals surface area contributed by atoms with E-state index in [0.717, 1.165) is 0 Å². The van der Waals surface area contributed by atoms with Crippen LogP contribution in [0.4, 0.5) is 4.39 Å². The predicted octanol–water partition coefficient (Wildman–Crippen LogP) is 2.91. The van der Waals surface area contributed by atoms with Crippen LogP contribution in [0.1, 0.15) is 39.7 Å². The van der Waals surface area contributed by atoms with E-state index in [-0.39, 0.29) is 23.5 Å². The van der Waals surface area contributed by atoms with E-state index >= 15 is 0 Å². The molecular formula is C16H26FNO2. The number of ether oxygens (including phenoxy) is 1. The smallest absolute Gasteiger partial charge is 0.168 e. The largest absolute Gasteiger partial charge is 0.494 e. The average molecular weight is 283 g/mol. The van der Waals surface area contributed by atoms with Crippen LogP contribution in [-0.2, 0) is 6.42 Å². The minimum absolute atomic E-state index is 0.0112. The van der Waals surface area contributed by atoms with E-state index in [2.05, 4.69) is 26.1 Å². The molecule has 0 aliphatic heterocycles. The molecule has 0 fully saturated rings. The Kier molecular flexibility index (Phi) is 5.54. The Morgan fingerprint density at radius 1 is 1.25 bits per heavy atom. The zero-order chi connectivity index (χ0) is 15.4. The fourth-order valence-electron chi connectivity index (χ4n) is 2.06. The Balaban J connectivity index is 2.66. The second-order valence-electron chi connectivity index (χ2n) is 6.53. The molecule has 1 aromatic carbocycles. The maximum absolute atomic E-state index is 14.1. The number of halogens is 1. The van der Waals surface area contributed by atoms with Gasteiger partial charge in [-0.3, -0.25) is 0 Å². The fraction of sp³-hybridized carbons (Fsp3) is 0.625. The molecule has 1 atom stereocenters. The lowest BCUT2D eigenvalue weighted by molar-refractivity contribution is 0.0490. The number of aliphatic hydroxyl groups is 1. The molecule has 0 aliphatic carbocycles. The third-order valence-corrected chi connectivity index (χ3v) is 3.15. The summed E-state index contributed by atoms with van der Waals surface area (Å²) >= 11 is 0. The molecule has 0 radical (unpaired) electrons. The first-order valence-electron chi connectivity index (χ1n) is 6.93. The van der Waals surface area contributed by atoms with Crippen molar-refractivity contribution in [1.82, 2.24) is 5.32 Å². The molecule has 1 unspecified atom stereocenters. The van der Waals surface area contributed by atoms with Crippen molar-refractivity contribution in [3.8, 4) is 5.75 Å². The number of benzene rings is 1. The van der Waals surface area contributed by atoms with E-state index in [1.807, 2.05) is 0 Å². The lowest BCUT2D eigenvalue weighted by atomic mass is 9.92. The van der Waals surface area contributed by atoms with Gasteiger partial charge in [-0.05, 0) is 52.3 Å². The van der Waals surface area contributed by atoms with Gasteiger partial charge in [-0.25, -0.2) is 4.39 Å². The number of hydrogen-bond donors (Lipinski definition) is 2. The van der Waals surface area contributed by atoms with Gasteiger partial charge in [-0.2, -0.15) is 0 Å². The molecule has 4 heteroatoms. The van der Waals surface area contributed by atoms with Crippen molar-refractivity contribution in [2.45, 2.75) is 51.7 Å². The van der Waals surface area contributed by atoms with Crippen LogP contribution in [0.25, 0.3) is 0 Å². The quantitative estimate of drug-likeness (QED) is 0.843. The van der Waals surface area contributed by atoms with Crippen LogP contribution in [-0.4, -0.2) is 29.9 Å². The van der Waals surface area contributed by atoms with Crippen LogP contribution in [0, 0.1) is 5.82 Å². The second kappa shape index (κ2) is 6.55. The van der Waals surface area contributed by atoms with Gasteiger partial charge < -0.3 is 15.2 Å². The minimum Gasteiger partial charge on any atom is -0.494 e. The van der Waals surface area contributed by atoms with Gasteiger partial charge in [0.2, 0.25) is 0 Å². The number of methoxy groups -OCH3 is 1. The van der Waals surface area contributed by atoms with Gasteiger partial charge >= 0.3 is 0 Å². The van der Waals surface area contributed by atoms with Gasteiger partial charge in [0.25, 0.3) is 0 Å². The zero-order valence-electron chi connectivity index (χ0n) is 13.1. The van der Waals surface area contributed by atoms with Crippen LogP contribution in [0.15, 0.2) is 18.2 Å². The van der Waals surface area contributed by atoms with E-state index in [9.17, 15) is 9.50 Å². The van der Waals surface area contributed by atoms with Crippen molar-refractivity contribution in [3.05, 3.63) is 29.6 Å². The van der Waals surface area contributed by atoms with Crippen LogP contribution in [0.5, 0.6) is 5.75 Å². The summed E-state index contributed by atoms with van der Waals surface area (Å²) in [5, 5.41) is 13.7. The van der Waals surface area contributed by atoms with Crippen molar-refractivity contribution in [3.63, 3.8) is 0 Å². The molecule has 0 spiro atoms. The third kappa shape index (κ3) is 5.47. The molecule has 0 amide bonds. The second-order valence-corrected chi connectivity index (χ2v) is 6.53. The van der Waals surface area contributed by atoms with Gasteiger partial charge in [0, 0.05) is 12.0 Å². The maximum Gasteiger partial charge on any atom is 0.168 e. The molecule has 1 aromatic rings.